The first-order valence-electron chi connectivity index (χ1n) is 0. The monoisotopic (exact) mass is 300 g/mol. The van der Waals surface area contributed by atoms with Crippen LogP contribution in [0.25, 0.3) is 0 Å². The summed E-state index contributed by atoms with van der Waals surface area (Å²) >= 11 is 0. The van der Waals surface area contributed by atoms with Gasteiger partial charge in [-0.3, -0.25) is 0 Å². The van der Waals surface area contributed by atoms with Crippen LogP contribution in [0.5, 0.6) is 0 Å². The van der Waals surface area contributed by atoms with Gasteiger partial charge in [-0.25, -0.2) is 0 Å². The Kier molecular flexibility index (Phi) is 130000000. The van der Waals surface area contributed by atoms with Crippen LogP contribution in [0.1, 0.15) is 0 Å². The summed E-state index contributed by atoms with van der Waals surface area (Å²) in [5.74, 6) is 0. The summed E-state index contributed by atoms with van der Waals surface area (Å²) in [5.41, 5.74) is 0. The molecule has 0 radical (unpaired) electrons. The van der Waals surface area contributed by atoms with Crippen LogP contribution in [0.2, 0.25) is 0 Å². The largest absolute Gasteiger partial charge is 0.412 e. The Morgan fingerprint density at radius 3 is 0.167 bits per heavy atom. The predicted octanol–water partition coefficient (Wildman–Crippen LogP) is -9.07. The number of rotatable bonds is 0. The third kappa shape index (κ3) is 25500. The molecule has 12 heteroatoms. The van der Waals surface area contributed by atoms with E-state index in [1.54, 1.807) is 0 Å². The average Bonchev–Trinajstić information content (AvgIpc) is 0. The van der Waals surface area contributed by atoms with Gasteiger partial charge in [0.1, 0.15) is 0 Å². The molecule has 0 aliphatic rings. The molecule has 0 saturated heterocycles. The zero-order chi connectivity index (χ0) is 0. The molecule has 12 heavy (non-hydrogen) atoms. The fourth-order valence-electron chi connectivity index (χ4n) is 0. The van der Waals surface area contributed by atoms with Crippen molar-refractivity contribution >= 4 is 0 Å². The maximum Gasteiger partial charge on any atom is 0 e. The van der Waals surface area contributed by atoms with E-state index in [9.17, 15) is 0 Å². The third-order valence-corrected chi connectivity index (χ3v) is 0. The predicted molar refractivity (Wildman–Crippen MR) is 39.8 cm³/mol. The van der Waals surface area contributed by atoms with Gasteiger partial charge in [0.2, 0.25) is 0 Å². The van der Waals surface area contributed by atoms with Crippen LogP contribution in [0.15, 0.2) is 0 Å². The minimum absolute atomic E-state index is 0. The third-order valence-electron chi connectivity index (χ3n) is 0. The van der Waals surface area contributed by atoms with Crippen molar-refractivity contribution in [1.29, 1.82) is 0 Å². The molecule has 0 amide bonds. The van der Waals surface area contributed by atoms with Crippen LogP contribution in [0, 0.1) is 0 Å². The molecule has 0 heterocycles. The van der Waals surface area contributed by atoms with Gasteiger partial charge in [0.25, 0.3) is 0 Å². The first-order valence-corrected chi connectivity index (χ1v) is 0. The van der Waals surface area contributed by atoms with Crippen LogP contribution >= 0.6 is 0 Å². The molecular formula is H22O11Ru. The Labute approximate surface area is 80.5 Å². The van der Waals surface area contributed by atoms with Gasteiger partial charge in [-0.05, 0) is 0 Å². The fourth-order valence-corrected chi connectivity index (χ4v) is 0. The van der Waals surface area contributed by atoms with Gasteiger partial charge in [0.15, 0.2) is 0 Å². The SMILES string of the molecule is O.O.O.O.O.O.O.O.O.O.O.[Ru]. The van der Waals surface area contributed by atoms with Gasteiger partial charge < -0.3 is 60.2 Å². The Balaban J connectivity index is 0. The zero-order valence-corrected chi connectivity index (χ0v) is 7.59. The maximum absolute atomic E-state index is 0. The molecule has 0 saturated carbocycles. The van der Waals surface area contributed by atoms with Crippen LogP contribution in [0.3, 0.4) is 0 Å². The topological polar surface area (TPSA) is 346 Å². The molecule has 0 rings (SSSR count). The maximum atomic E-state index is 0. The van der Waals surface area contributed by atoms with E-state index in [1.807, 2.05) is 0 Å². The summed E-state index contributed by atoms with van der Waals surface area (Å²) in [4.78, 5) is 0. The van der Waals surface area contributed by atoms with Crippen molar-refractivity contribution in [3.8, 4) is 0 Å². The Morgan fingerprint density at radius 1 is 0.167 bits per heavy atom. The van der Waals surface area contributed by atoms with Crippen molar-refractivity contribution in [1.82, 2.24) is 0 Å². The van der Waals surface area contributed by atoms with E-state index < -0.39 is 0 Å². The van der Waals surface area contributed by atoms with Crippen molar-refractivity contribution in [2.45, 2.75) is 0 Å². The molecule has 0 fully saturated rings. The molecule has 0 aromatic rings. The Bertz CT molecular complexity index is 4.97. The van der Waals surface area contributed by atoms with E-state index in [2.05, 4.69) is 0 Å². The van der Waals surface area contributed by atoms with Crippen molar-refractivity contribution in [2.75, 3.05) is 0 Å². The molecule has 0 bridgehead atoms. The van der Waals surface area contributed by atoms with Gasteiger partial charge in [-0.15, -0.1) is 0 Å². The van der Waals surface area contributed by atoms with Crippen LogP contribution < -0.4 is 0 Å². The summed E-state index contributed by atoms with van der Waals surface area (Å²) in [5, 5.41) is 0. The average molecular weight is 299 g/mol. The van der Waals surface area contributed by atoms with Crippen LogP contribution in [-0.2, 0) is 19.5 Å². The van der Waals surface area contributed by atoms with Crippen molar-refractivity contribution in [3.05, 3.63) is 0 Å². The van der Waals surface area contributed by atoms with E-state index in [0.717, 1.165) is 0 Å². The molecule has 96 valence electrons. The van der Waals surface area contributed by atoms with E-state index in [4.69, 9.17) is 0 Å². The molecule has 0 aliphatic heterocycles. The van der Waals surface area contributed by atoms with Gasteiger partial charge in [0, 0.05) is 19.5 Å². The van der Waals surface area contributed by atoms with Gasteiger partial charge in [0.05, 0.1) is 0 Å². The van der Waals surface area contributed by atoms with Crippen molar-refractivity contribution in [3.63, 3.8) is 0 Å². The molecule has 0 aromatic carbocycles. The molecule has 0 unspecified atom stereocenters. The molecule has 22 N–H and O–H groups in total. The summed E-state index contributed by atoms with van der Waals surface area (Å²) in [6.07, 6.45) is 0. The summed E-state index contributed by atoms with van der Waals surface area (Å²) < 4.78 is 0. The number of hydrogen-bond donors (Lipinski definition) is 0. The second-order valence-electron chi connectivity index (χ2n) is 0. The molecule has 0 aromatic heterocycles. The Hall–Kier alpha value is 0.183. The standard InChI is InChI=1S/11H2O.Ru/h11*1H2;. The summed E-state index contributed by atoms with van der Waals surface area (Å²) in [7, 11) is 0. The van der Waals surface area contributed by atoms with E-state index in [-0.39, 0.29) is 79.7 Å². The van der Waals surface area contributed by atoms with Crippen LogP contribution in [0.4, 0.5) is 0 Å². The van der Waals surface area contributed by atoms with Crippen molar-refractivity contribution < 1.29 is 79.7 Å². The second kappa shape index (κ2) is 34500. The van der Waals surface area contributed by atoms with Gasteiger partial charge >= 0.3 is 0 Å². The van der Waals surface area contributed by atoms with Crippen molar-refractivity contribution in [2.24, 2.45) is 0 Å². The smallest absolute Gasteiger partial charge is 0 e. The van der Waals surface area contributed by atoms with E-state index in [0.29, 0.717) is 0 Å². The molecule has 11 nitrogen and oxygen atoms in total. The molecule has 0 spiro atoms. The normalized spacial score (nSPS) is 0. The van der Waals surface area contributed by atoms with Gasteiger partial charge in [-0.1, -0.05) is 0 Å². The Morgan fingerprint density at radius 2 is 0.167 bits per heavy atom. The molecular weight excluding hydrogens is 277 g/mol. The zero-order valence-electron chi connectivity index (χ0n) is 5.85. The number of hydrogen-bond acceptors (Lipinski definition) is 0. The van der Waals surface area contributed by atoms with E-state index >= 15 is 0 Å². The van der Waals surface area contributed by atoms with Gasteiger partial charge in [-0.2, -0.15) is 0 Å². The fraction of sp³-hybridized carbons (Fsp3) is 0. The summed E-state index contributed by atoms with van der Waals surface area (Å²) in [6.45, 7) is 0. The quantitative estimate of drug-likeness (QED) is 0.375. The van der Waals surface area contributed by atoms with E-state index in [1.165, 1.54) is 0 Å². The summed E-state index contributed by atoms with van der Waals surface area (Å²) in [6, 6.07) is 0. The minimum atomic E-state index is 0. The first-order chi connectivity index (χ1) is 0. The molecule has 0 atom stereocenters. The molecule has 0 aliphatic carbocycles. The van der Waals surface area contributed by atoms with Crippen LogP contribution in [-0.4, -0.2) is 60.2 Å². The second-order valence-corrected chi connectivity index (χ2v) is 0. The minimum Gasteiger partial charge on any atom is -0.412 e. The first kappa shape index (κ1) is 45300.